The zero-order valence-electron chi connectivity index (χ0n) is 10.9. The van der Waals surface area contributed by atoms with Gasteiger partial charge in [0.1, 0.15) is 0 Å². The molecular formula is C13H26N2O. The molecule has 1 aliphatic rings. The molecule has 3 heteroatoms. The van der Waals surface area contributed by atoms with Gasteiger partial charge in [-0.05, 0) is 38.1 Å². The topological polar surface area (TPSA) is 46.3 Å². The van der Waals surface area contributed by atoms with E-state index in [1.54, 1.807) is 0 Å². The molecule has 1 amide bonds. The lowest BCUT2D eigenvalue weighted by Gasteiger charge is -2.39. The molecule has 1 unspecified atom stereocenters. The molecule has 1 aliphatic carbocycles. The SMILES string of the molecule is CC(C)C(C)C(=O)N(CCCN)C1CCC1. The standard InChI is InChI=1S/C13H26N2O/c1-10(2)11(3)13(16)15(9-5-8-14)12-6-4-7-12/h10-12H,4-9,14H2,1-3H3. The van der Waals surface area contributed by atoms with Gasteiger partial charge >= 0.3 is 0 Å². The van der Waals surface area contributed by atoms with Gasteiger partial charge < -0.3 is 10.6 Å². The van der Waals surface area contributed by atoms with Gasteiger partial charge in [0.15, 0.2) is 0 Å². The van der Waals surface area contributed by atoms with E-state index in [0.29, 0.717) is 24.4 Å². The fraction of sp³-hybridized carbons (Fsp3) is 0.923. The van der Waals surface area contributed by atoms with Gasteiger partial charge in [0.05, 0.1) is 0 Å². The number of carbonyl (C=O) groups excluding carboxylic acids is 1. The number of amides is 1. The van der Waals surface area contributed by atoms with Crippen molar-refractivity contribution in [2.45, 2.75) is 52.5 Å². The molecule has 0 spiro atoms. The lowest BCUT2D eigenvalue weighted by atomic mass is 9.88. The van der Waals surface area contributed by atoms with Crippen molar-refractivity contribution in [1.29, 1.82) is 0 Å². The van der Waals surface area contributed by atoms with Crippen molar-refractivity contribution in [2.75, 3.05) is 13.1 Å². The van der Waals surface area contributed by atoms with Gasteiger partial charge in [-0.3, -0.25) is 4.79 Å². The second-order valence-electron chi connectivity index (χ2n) is 5.29. The largest absolute Gasteiger partial charge is 0.339 e. The molecule has 0 aromatic carbocycles. The van der Waals surface area contributed by atoms with Crippen LogP contribution in [0.3, 0.4) is 0 Å². The van der Waals surface area contributed by atoms with Gasteiger partial charge in [0.25, 0.3) is 0 Å². The Morgan fingerprint density at radius 2 is 2.00 bits per heavy atom. The zero-order valence-corrected chi connectivity index (χ0v) is 10.9. The molecule has 1 rings (SSSR count). The maximum Gasteiger partial charge on any atom is 0.225 e. The molecule has 94 valence electrons. The molecule has 1 fully saturated rings. The van der Waals surface area contributed by atoms with Gasteiger partial charge in [-0.25, -0.2) is 0 Å². The summed E-state index contributed by atoms with van der Waals surface area (Å²) in [6, 6.07) is 0.500. The maximum absolute atomic E-state index is 12.3. The van der Waals surface area contributed by atoms with Crippen LogP contribution in [0.2, 0.25) is 0 Å². The lowest BCUT2D eigenvalue weighted by Crippen LogP contribution is -2.48. The summed E-state index contributed by atoms with van der Waals surface area (Å²) in [5, 5.41) is 0. The van der Waals surface area contributed by atoms with E-state index < -0.39 is 0 Å². The minimum atomic E-state index is 0.137. The summed E-state index contributed by atoms with van der Waals surface area (Å²) in [4.78, 5) is 14.4. The first-order valence-corrected chi connectivity index (χ1v) is 6.58. The summed E-state index contributed by atoms with van der Waals surface area (Å²) in [6.07, 6.45) is 4.56. The second kappa shape index (κ2) is 6.24. The van der Waals surface area contributed by atoms with Crippen molar-refractivity contribution in [3.05, 3.63) is 0 Å². The van der Waals surface area contributed by atoms with Gasteiger partial charge in [-0.1, -0.05) is 20.8 Å². The Bertz CT molecular complexity index is 224. The van der Waals surface area contributed by atoms with Crippen LogP contribution in [-0.2, 0) is 4.79 Å². The van der Waals surface area contributed by atoms with Crippen molar-refractivity contribution < 1.29 is 4.79 Å². The number of hydrogen-bond acceptors (Lipinski definition) is 2. The highest BCUT2D eigenvalue weighted by Crippen LogP contribution is 2.27. The van der Waals surface area contributed by atoms with Crippen LogP contribution in [0.1, 0.15) is 46.5 Å². The molecule has 1 atom stereocenters. The first-order chi connectivity index (χ1) is 7.57. The van der Waals surface area contributed by atoms with Gasteiger partial charge in [-0.15, -0.1) is 0 Å². The third-order valence-electron chi connectivity index (χ3n) is 3.79. The van der Waals surface area contributed by atoms with Crippen LogP contribution in [0.25, 0.3) is 0 Å². The highest BCUT2D eigenvalue weighted by atomic mass is 16.2. The molecule has 0 aliphatic heterocycles. The van der Waals surface area contributed by atoms with Gasteiger partial charge in [0, 0.05) is 18.5 Å². The number of nitrogens with zero attached hydrogens (tertiary/aromatic N) is 1. The highest BCUT2D eigenvalue weighted by molar-refractivity contribution is 5.79. The average Bonchev–Trinajstić information content (AvgIpc) is 2.18. The van der Waals surface area contributed by atoms with E-state index in [-0.39, 0.29) is 5.92 Å². The summed E-state index contributed by atoms with van der Waals surface area (Å²) < 4.78 is 0. The van der Waals surface area contributed by atoms with Crippen molar-refractivity contribution in [1.82, 2.24) is 4.90 Å². The third kappa shape index (κ3) is 3.21. The fourth-order valence-electron chi connectivity index (χ4n) is 1.98. The second-order valence-corrected chi connectivity index (χ2v) is 5.29. The molecule has 0 aromatic rings. The maximum atomic E-state index is 12.3. The number of hydrogen-bond donors (Lipinski definition) is 1. The molecule has 2 N–H and O–H groups in total. The Hall–Kier alpha value is -0.570. The molecule has 0 radical (unpaired) electrons. The lowest BCUT2D eigenvalue weighted by molar-refractivity contribution is -0.140. The van der Waals surface area contributed by atoms with Crippen LogP contribution < -0.4 is 5.73 Å². The zero-order chi connectivity index (χ0) is 12.1. The minimum absolute atomic E-state index is 0.137. The van der Waals surface area contributed by atoms with Crippen molar-refractivity contribution >= 4 is 5.91 Å². The van der Waals surface area contributed by atoms with E-state index in [0.717, 1.165) is 13.0 Å². The molecule has 3 nitrogen and oxygen atoms in total. The van der Waals surface area contributed by atoms with E-state index in [1.165, 1.54) is 19.3 Å². The van der Waals surface area contributed by atoms with Crippen LogP contribution >= 0.6 is 0 Å². The molecule has 0 saturated heterocycles. The van der Waals surface area contributed by atoms with Crippen LogP contribution in [0.4, 0.5) is 0 Å². The predicted octanol–water partition coefficient (Wildman–Crippen LogP) is 2.01. The van der Waals surface area contributed by atoms with Gasteiger partial charge in [0.2, 0.25) is 5.91 Å². The molecule has 16 heavy (non-hydrogen) atoms. The first-order valence-electron chi connectivity index (χ1n) is 6.58. The quantitative estimate of drug-likeness (QED) is 0.753. The normalized spacial score (nSPS) is 18.3. The van der Waals surface area contributed by atoms with E-state index in [4.69, 9.17) is 5.73 Å². The van der Waals surface area contributed by atoms with Gasteiger partial charge in [-0.2, -0.15) is 0 Å². The van der Waals surface area contributed by atoms with Crippen molar-refractivity contribution in [3.63, 3.8) is 0 Å². The molecule has 0 aromatic heterocycles. The van der Waals surface area contributed by atoms with E-state index in [1.807, 2.05) is 6.92 Å². The monoisotopic (exact) mass is 226 g/mol. The Labute approximate surface area is 99.4 Å². The third-order valence-corrected chi connectivity index (χ3v) is 3.79. The fourth-order valence-corrected chi connectivity index (χ4v) is 1.98. The predicted molar refractivity (Wildman–Crippen MR) is 67.0 cm³/mol. The Morgan fingerprint density at radius 3 is 2.38 bits per heavy atom. The summed E-state index contributed by atoms with van der Waals surface area (Å²) >= 11 is 0. The minimum Gasteiger partial charge on any atom is -0.339 e. The smallest absolute Gasteiger partial charge is 0.225 e. The van der Waals surface area contributed by atoms with Crippen LogP contribution in [0, 0.1) is 11.8 Å². The Kier molecular flexibility index (Phi) is 5.26. The van der Waals surface area contributed by atoms with Crippen LogP contribution in [0.15, 0.2) is 0 Å². The molecule has 0 bridgehead atoms. The average molecular weight is 226 g/mol. The molecule has 1 saturated carbocycles. The van der Waals surface area contributed by atoms with Crippen LogP contribution in [-0.4, -0.2) is 29.9 Å². The van der Waals surface area contributed by atoms with Crippen molar-refractivity contribution in [3.8, 4) is 0 Å². The Balaban J connectivity index is 2.56. The molecule has 0 heterocycles. The summed E-state index contributed by atoms with van der Waals surface area (Å²) in [7, 11) is 0. The number of nitrogens with two attached hydrogens (primary N) is 1. The highest BCUT2D eigenvalue weighted by Gasteiger charge is 2.31. The molecular weight excluding hydrogens is 200 g/mol. The van der Waals surface area contributed by atoms with E-state index in [9.17, 15) is 4.79 Å². The van der Waals surface area contributed by atoms with E-state index >= 15 is 0 Å². The van der Waals surface area contributed by atoms with Crippen LogP contribution in [0.5, 0.6) is 0 Å². The Morgan fingerprint density at radius 1 is 1.38 bits per heavy atom. The number of carbonyl (C=O) groups is 1. The first kappa shape index (κ1) is 13.5. The number of rotatable bonds is 6. The summed E-state index contributed by atoms with van der Waals surface area (Å²) in [6.45, 7) is 7.79. The van der Waals surface area contributed by atoms with Crippen molar-refractivity contribution in [2.24, 2.45) is 17.6 Å². The summed E-state index contributed by atoms with van der Waals surface area (Å²) in [5.74, 6) is 0.888. The summed E-state index contributed by atoms with van der Waals surface area (Å²) in [5.41, 5.74) is 5.53. The van der Waals surface area contributed by atoms with E-state index in [2.05, 4.69) is 18.7 Å².